The van der Waals surface area contributed by atoms with Crippen LogP contribution in [0.4, 0.5) is 5.69 Å². The van der Waals surface area contributed by atoms with Gasteiger partial charge in [-0.05, 0) is 66.5 Å². The number of anilines is 1. The molecule has 0 unspecified atom stereocenters. The maximum atomic E-state index is 13.3. The average molecular weight is 434 g/mol. The number of hydrogen-bond donors (Lipinski definition) is 0. The fourth-order valence-electron chi connectivity index (χ4n) is 5.79. The van der Waals surface area contributed by atoms with Gasteiger partial charge in [0.05, 0.1) is 17.5 Å². The van der Waals surface area contributed by atoms with E-state index in [0.717, 1.165) is 6.42 Å². The highest BCUT2D eigenvalue weighted by molar-refractivity contribution is 6.30. The minimum atomic E-state index is -0.234. The molecule has 0 spiro atoms. The van der Waals surface area contributed by atoms with Crippen molar-refractivity contribution < 1.29 is 19.1 Å². The Morgan fingerprint density at radius 1 is 0.968 bits per heavy atom. The van der Waals surface area contributed by atoms with Gasteiger partial charge in [-0.2, -0.15) is 0 Å². The zero-order chi connectivity index (χ0) is 21.3. The summed E-state index contributed by atoms with van der Waals surface area (Å²) >= 11 is 5.86. The van der Waals surface area contributed by atoms with Gasteiger partial charge in [-0.15, -0.1) is 0 Å². The normalized spacial score (nSPS) is 32.1. The van der Waals surface area contributed by atoms with Crippen LogP contribution in [0.5, 0.6) is 5.75 Å². The lowest BCUT2D eigenvalue weighted by molar-refractivity contribution is -0.124. The van der Waals surface area contributed by atoms with Gasteiger partial charge in [0.15, 0.2) is 12.4 Å². The van der Waals surface area contributed by atoms with E-state index in [1.54, 1.807) is 48.5 Å². The summed E-state index contributed by atoms with van der Waals surface area (Å²) < 4.78 is 5.68. The molecule has 2 bridgehead atoms. The SMILES string of the molecule is O=C(COc1cccc(N2C(=O)[C@@H]3[C@H]4C=C[C@@H]([C@@H]5C[C@H]45)[C@H]3C2=O)c1)c1ccc(Cl)cc1. The Balaban J connectivity index is 1.20. The van der Waals surface area contributed by atoms with Gasteiger partial charge in [0.2, 0.25) is 11.8 Å². The molecule has 7 rings (SSSR count). The Morgan fingerprint density at radius 2 is 1.61 bits per heavy atom. The summed E-state index contributed by atoms with van der Waals surface area (Å²) in [6, 6.07) is 13.5. The smallest absolute Gasteiger partial charge is 0.238 e. The molecular weight excluding hydrogens is 414 g/mol. The van der Waals surface area contributed by atoms with E-state index in [1.165, 1.54) is 4.90 Å². The van der Waals surface area contributed by atoms with Crippen LogP contribution in [0.3, 0.4) is 0 Å². The molecule has 2 amide bonds. The first kappa shape index (κ1) is 18.8. The topological polar surface area (TPSA) is 63.7 Å². The van der Waals surface area contributed by atoms with Gasteiger partial charge in [0.25, 0.3) is 0 Å². The lowest BCUT2D eigenvalue weighted by Crippen LogP contribution is -2.40. The second-order valence-electron chi connectivity index (χ2n) is 8.88. The Morgan fingerprint density at radius 3 is 2.26 bits per heavy atom. The van der Waals surface area contributed by atoms with E-state index in [-0.39, 0.29) is 47.9 Å². The highest BCUT2D eigenvalue weighted by Gasteiger charge is 2.67. The fraction of sp³-hybridized carbons (Fsp3) is 0.320. The highest BCUT2D eigenvalue weighted by Crippen LogP contribution is 2.65. The van der Waals surface area contributed by atoms with E-state index >= 15 is 0 Å². The molecule has 31 heavy (non-hydrogen) atoms. The van der Waals surface area contributed by atoms with Crippen LogP contribution < -0.4 is 9.64 Å². The highest BCUT2D eigenvalue weighted by atomic mass is 35.5. The molecule has 5 nitrogen and oxygen atoms in total. The quantitative estimate of drug-likeness (QED) is 0.403. The van der Waals surface area contributed by atoms with Crippen molar-refractivity contribution in [2.24, 2.45) is 35.5 Å². The summed E-state index contributed by atoms with van der Waals surface area (Å²) in [6.07, 6.45) is 5.47. The van der Waals surface area contributed by atoms with Gasteiger partial charge in [-0.3, -0.25) is 14.4 Å². The molecule has 5 aliphatic rings. The third kappa shape index (κ3) is 2.87. The summed E-state index contributed by atoms with van der Waals surface area (Å²) in [5.74, 6) is 1.12. The molecule has 6 heteroatoms. The number of carbonyl (C=O) groups excluding carboxylic acids is 3. The van der Waals surface area contributed by atoms with Gasteiger partial charge in [-0.25, -0.2) is 4.90 Å². The molecule has 2 aromatic carbocycles. The first-order chi connectivity index (χ1) is 15.0. The number of ketones is 1. The van der Waals surface area contributed by atoms with Gasteiger partial charge < -0.3 is 4.74 Å². The standard InChI is InChI=1S/C25H20ClNO4/c26-14-6-4-13(5-7-14)21(28)12-31-16-3-1-2-15(10-16)27-24(29)22-17-8-9-18(20-11-19(17)20)23(22)25(27)30/h1-10,17-20,22-23H,11-12H2/t17-,18-,19-,20+,22+,23+/m0/s1. The minimum absolute atomic E-state index is 0.103. The number of allylic oxidation sites excluding steroid dienone is 2. The average Bonchev–Trinajstić information content (AvgIpc) is 3.56. The molecule has 0 radical (unpaired) electrons. The maximum absolute atomic E-state index is 13.3. The summed E-state index contributed by atoms with van der Waals surface area (Å²) in [5, 5.41) is 0.562. The van der Waals surface area contributed by atoms with Crippen molar-refractivity contribution >= 4 is 34.9 Å². The zero-order valence-electron chi connectivity index (χ0n) is 16.6. The fourth-order valence-corrected chi connectivity index (χ4v) is 5.92. The summed E-state index contributed by atoms with van der Waals surface area (Å²) in [4.78, 5) is 40.2. The van der Waals surface area contributed by atoms with Crippen LogP contribution in [0.2, 0.25) is 5.02 Å². The first-order valence-corrected chi connectivity index (χ1v) is 11.0. The lowest BCUT2D eigenvalue weighted by Gasteiger charge is -2.37. The lowest BCUT2D eigenvalue weighted by atomic mass is 9.63. The Hall–Kier alpha value is -2.92. The number of benzene rings is 2. The van der Waals surface area contributed by atoms with E-state index in [2.05, 4.69) is 12.2 Å². The van der Waals surface area contributed by atoms with Crippen LogP contribution in [0.25, 0.3) is 0 Å². The van der Waals surface area contributed by atoms with Gasteiger partial charge in [0.1, 0.15) is 5.75 Å². The molecule has 2 saturated carbocycles. The van der Waals surface area contributed by atoms with Crippen molar-refractivity contribution in [3.8, 4) is 5.75 Å². The van der Waals surface area contributed by atoms with Crippen LogP contribution in [0.1, 0.15) is 16.8 Å². The van der Waals surface area contributed by atoms with Crippen LogP contribution in [0.15, 0.2) is 60.7 Å². The van der Waals surface area contributed by atoms with E-state index in [0.29, 0.717) is 33.9 Å². The van der Waals surface area contributed by atoms with Crippen molar-refractivity contribution in [3.05, 3.63) is 71.3 Å². The van der Waals surface area contributed by atoms with Crippen LogP contribution in [-0.2, 0) is 9.59 Å². The molecule has 0 N–H and O–H groups in total. The van der Waals surface area contributed by atoms with Crippen molar-refractivity contribution in [2.75, 3.05) is 11.5 Å². The minimum Gasteiger partial charge on any atom is -0.485 e. The number of imide groups is 1. The van der Waals surface area contributed by atoms with Gasteiger partial charge in [-0.1, -0.05) is 29.8 Å². The third-order valence-corrected chi connectivity index (χ3v) is 7.53. The number of ether oxygens (including phenoxy) is 1. The monoisotopic (exact) mass is 433 g/mol. The number of nitrogens with zero attached hydrogens (tertiary/aromatic N) is 1. The predicted molar refractivity (Wildman–Crippen MR) is 115 cm³/mol. The van der Waals surface area contributed by atoms with Crippen LogP contribution >= 0.6 is 11.6 Å². The number of rotatable bonds is 5. The predicted octanol–water partition coefficient (Wildman–Crippen LogP) is 4.16. The molecule has 2 aromatic rings. The van der Waals surface area contributed by atoms with Crippen LogP contribution in [0, 0.1) is 35.5 Å². The molecule has 4 aliphatic carbocycles. The summed E-state index contributed by atoms with van der Waals surface area (Å²) in [6.45, 7) is -0.143. The molecule has 3 fully saturated rings. The summed E-state index contributed by atoms with van der Waals surface area (Å²) in [7, 11) is 0. The van der Waals surface area contributed by atoms with Crippen molar-refractivity contribution in [1.82, 2.24) is 0 Å². The molecule has 6 atom stereocenters. The van der Waals surface area contributed by atoms with E-state index in [1.807, 2.05) is 0 Å². The molecule has 156 valence electrons. The Labute approximate surface area is 184 Å². The molecule has 0 aromatic heterocycles. The Bertz CT molecular complexity index is 1100. The number of Topliss-reactive ketones (excluding diaryl/α,β-unsaturated/α-hetero) is 1. The number of carbonyl (C=O) groups is 3. The second-order valence-corrected chi connectivity index (χ2v) is 9.32. The summed E-state index contributed by atoms with van der Waals surface area (Å²) in [5.41, 5.74) is 1.02. The zero-order valence-corrected chi connectivity index (χ0v) is 17.4. The molecule has 1 saturated heterocycles. The van der Waals surface area contributed by atoms with Crippen molar-refractivity contribution in [1.29, 1.82) is 0 Å². The first-order valence-electron chi connectivity index (χ1n) is 10.6. The second kappa shape index (κ2) is 6.79. The molecule has 1 aliphatic heterocycles. The number of hydrogen-bond acceptors (Lipinski definition) is 4. The Kier molecular flexibility index (Phi) is 4.12. The van der Waals surface area contributed by atoms with Gasteiger partial charge >= 0.3 is 0 Å². The number of amides is 2. The van der Waals surface area contributed by atoms with Crippen molar-refractivity contribution in [2.45, 2.75) is 6.42 Å². The third-order valence-electron chi connectivity index (χ3n) is 7.27. The van der Waals surface area contributed by atoms with Gasteiger partial charge in [0, 0.05) is 16.7 Å². The van der Waals surface area contributed by atoms with E-state index in [4.69, 9.17) is 16.3 Å². The van der Waals surface area contributed by atoms with E-state index < -0.39 is 0 Å². The van der Waals surface area contributed by atoms with Crippen LogP contribution in [-0.4, -0.2) is 24.2 Å². The maximum Gasteiger partial charge on any atom is 0.238 e. The van der Waals surface area contributed by atoms with E-state index in [9.17, 15) is 14.4 Å². The largest absolute Gasteiger partial charge is 0.485 e. The van der Waals surface area contributed by atoms with Crippen molar-refractivity contribution in [3.63, 3.8) is 0 Å². The number of halogens is 1. The molecular formula is C25H20ClNO4. The molecule has 1 heterocycles.